The number of carbonyl (C=O) groups excluding carboxylic acids is 1. The number of hydrogen-bond acceptors (Lipinski definition) is 6. The predicted octanol–water partition coefficient (Wildman–Crippen LogP) is 13.6. The second-order valence-corrected chi connectivity index (χ2v) is 22.2. The van der Waals surface area contributed by atoms with Crippen molar-refractivity contribution < 1.29 is 4.79 Å². The van der Waals surface area contributed by atoms with Crippen LogP contribution in [-0.2, 0) is 30.5 Å². The Balaban J connectivity index is 0.846. The van der Waals surface area contributed by atoms with Crippen LogP contribution in [0.1, 0.15) is 136 Å². The van der Waals surface area contributed by atoms with E-state index in [0.717, 1.165) is 99.2 Å². The number of aliphatic imine (C=N–C) groups is 2. The predicted molar refractivity (Wildman–Crippen MR) is 277 cm³/mol. The Hall–Kier alpha value is -5.17. The van der Waals surface area contributed by atoms with Crippen molar-refractivity contribution in [3.05, 3.63) is 140 Å². The maximum atomic E-state index is 12.1. The minimum absolute atomic E-state index is 0.0586. The molecule has 350 valence electrons. The van der Waals surface area contributed by atoms with Crippen molar-refractivity contribution in [2.45, 2.75) is 145 Å². The average molecular weight is 895 g/mol. The SMILES string of the molecule is CC1=C(CCc2ccc3c(n2)NC(C)(CC2C=CC4=C(C=CCC5=C4N=C(CCc4ccc6c(n4)NC(=O)CC6)C(C)C5C)C(C)C2C)CC3)N=C2C3=C(C=CCC2C1C)C(C)C(C)CC=C3. The van der Waals surface area contributed by atoms with E-state index in [-0.39, 0.29) is 11.4 Å². The summed E-state index contributed by atoms with van der Waals surface area (Å²) in [5.74, 6) is 5.92. The number of nitrogens with zero attached hydrogens (tertiary/aromatic N) is 4. The van der Waals surface area contributed by atoms with E-state index in [1.807, 2.05) is 0 Å². The lowest BCUT2D eigenvalue weighted by Crippen LogP contribution is -2.42. The van der Waals surface area contributed by atoms with Crippen LogP contribution in [0.5, 0.6) is 0 Å². The number of nitrogens with one attached hydrogen (secondary N) is 2. The van der Waals surface area contributed by atoms with Gasteiger partial charge in [0.2, 0.25) is 5.91 Å². The van der Waals surface area contributed by atoms with E-state index in [1.54, 1.807) is 0 Å². The molecule has 10 rings (SSSR count). The van der Waals surface area contributed by atoms with Crippen molar-refractivity contribution in [1.82, 2.24) is 9.97 Å². The molecule has 0 aromatic carbocycles. The maximum absolute atomic E-state index is 12.1. The third-order valence-electron chi connectivity index (χ3n) is 18.1. The fourth-order valence-electron chi connectivity index (χ4n) is 12.7. The second kappa shape index (κ2) is 18.4. The van der Waals surface area contributed by atoms with Crippen molar-refractivity contribution >= 4 is 29.0 Å². The Morgan fingerprint density at radius 1 is 0.687 bits per heavy atom. The standard InChI is InChI=1S/C60H74N6O/c1-34-13-10-18-51-47(35(34)2)14-11-16-49-38(5)40(7)53(63-56(49)51)29-26-46-24-20-43-31-32-60(9,66-59(43)62-46)33-44-21-27-52-48(37(4)36(44)3)15-12-17-50-39(6)41(8)54(64-57(50)52)28-25-45-23-19-42-22-30-55(67)65-58(42)61-45/h10-12,14-15,18-21,23-24,27,34-39,41,44,49H,13,16-17,22,25-26,28-33H2,1-9H3,(H,62,66)(H,61,65,67). The number of aryl methyl sites for hydroxylation is 4. The summed E-state index contributed by atoms with van der Waals surface area (Å²) >= 11 is 0. The first kappa shape index (κ1) is 45.6. The van der Waals surface area contributed by atoms with Gasteiger partial charge in [0.15, 0.2) is 0 Å². The minimum Gasteiger partial charge on any atom is -0.365 e. The van der Waals surface area contributed by atoms with Gasteiger partial charge in [0.1, 0.15) is 11.6 Å². The number of aromatic nitrogens is 2. The third-order valence-corrected chi connectivity index (χ3v) is 18.1. The van der Waals surface area contributed by atoms with Gasteiger partial charge in [-0.25, -0.2) is 9.97 Å². The zero-order valence-electron chi connectivity index (χ0n) is 41.8. The molecule has 0 saturated heterocycles. The van der Waals surface area contributed by atoms with Crippen LogP contribution < -0.4 is 10.6 Å². The van der Waals surface area contributed by atoms with E-state index in [9.17, 15) is 4.79 Å². The molecule has 2 aromatic rings. The van der Waals surface area contributed by atoms with Gasteiger partial charge in [-0.1, -0.05) is 109 Å². The van der Waals surface area contributed by atoms with E-state index in [2.05, 4.69) is 146 Å². The lowest BCUT2D eigenvalue weighted by atomic mass is 9.73. The zero-order chi connectivity index (χ0) is 46.7. The molecule has 0 bridgehead atoms. The number of carbonyl (C=O) groups is 1. The van der Waals surface area contributed by atoms with Crippen LogP contribution in [0.2, 0.25) is 0 Å². The van der Waals surface area contributed by atoms with Gasteiger partial charge in [0.05, 0.1) is 11.4 Å². The van der Waals surface area contributed by atoms with Crippen molar-refractivity contribution in [1.29, 1.82) is 0 Å². The molecule has 0 radical (unpaired) electrons. The molecule has 4 aliphatic carbocycles. The van der Waals surface area contributed by atoms with Crippen LogP contribution in [0, 0.1) is 53.3 Å². The first-order valence-electron chi connectivity index (χ1n) is 26.1. The number of pyridine rings is 2. The van der Waals surface area contributed by atoms with Crippen LogP contribution >= 0.6 is 0 Å². The van der Waals surface area contributed by atoms with Crippen LogP contribution in [0.15, 0.2) is 128 Å². The van der Waals surface area contributed by atoms with Crippen molar-refractivity contribution in [3.63, 3.8) is 0 Å². The highest BCUT2D eigenvalue weighted by Crippen LogP contribution is 2.47. The van der Waals surface area contributed by atoms with E-state index < -0.39 is 0 Å². The van der Waals surface area contributed by atoms with Crippen molar-refractivity contribution in [3.8, 4) is 0 Å². The average Bonchev–Trinajstić information content (AvgIpc) is 3.72. The number of rotatable bonds is 8. The highest BCUT2D eigenvalue weighted by molar-refractivity contribution is 6.07. The normalized spacial score (nSPS) is 32.3. The maximum Gasteiger partial charge on any atom is 0.225 e. The molecule has 7 nitrogen and oxygen atoms in total. The Kier molecular flexibility index (Phi) is 12.5. The summed E-state index contributed by atoms with van der Waals surface area (Å²) in [6.07, 6.45) is 30.5. The first-order chi connectivity index (χ1) is 32.2. The lowest BCUT2D eigenvalue weighted by Gasteiger charge is -2.40. The molecule has 2 N–H and O–H groups in total. The third kappa shape index (κ3) is 8.78. The molecular weight excluding hydrogens is 821 g/mol. The zero-order valence-corrected chi connectivity index (χ0v) is 41.8. The number of hydrogen-bond donors (Lipinski definition) is 2. The molecule has 1 amide bonds. The van der Waals surface area contributed by atoms with Gasteiger partial charge in [0, 0.05) is 52.2 Å². The van der Waals surface area contributed by atoms with Gasteiger partial charge in [-0.05, 0) is 177 Å². The van der Waals surface area contributed by atoms with Gasteiger partial charge in [0.25, 0.3) is 0 Å². The van der Waals surface area contributed by atoms with Crippen molar-refractivity contribution in [2.24, 2.45) is 63.2 Å². The molecule has 6 heterocycles. The highest BCUT2D eigenvalue weighted by atomic mass is 16.1. The molecule has 7 heteroatoms. The summed E-state index contributed by atoms with van der Waals surface area (Å²) in [5.41, 5.74) is 18.1. The molecular formula is C60H74N6O. The number of amides is 1. The Bertz CT molecular complexity index is 2680. The van der Waals surface area contributed by atoms with E-state index in [4.69, 9.17) is 20.0 Å². The van der Waals surface area contributed by atoms with E-state index in [0.29, 0.717) is 59.7 Å². The fraction of sp³-hybridized carbons (Fsp3) is 0.517. The number of fused-ring (bicyclic) bond motifs is 5. The van der Waals surface area contributed by atoms with Gasteiger partial charge in [-0.15, -0.1) is 0 Å². The minimum atomic E-state index is -0.0734. The van der Waals surface area contributed by atoms with Crippen LogP contribution in [0.25, 0.3) is 0 Å². The summed E-state index contributed by atoms with van der Waals surface area (Å²) in [5, 5.41) is 7.04. The van der Waals surface area contributed by atoms with Crippen LogP contribution in [-0.4, -0.2) is 32.8 Å². The molecule has 8 aliphatic rings. The molecule has 2 aromatic heterocycles. The first-order valence-corrected chi connectivity index (χ1v) is 26.1. The molecule has 0 spiro atoms. The van der Waals surface area contributed by atoms with E-state index >= 15 is 0 Å². The van der Waals surface area contributed by atoms with Crippen molar-refractivity contribution in [2.75, 3.05) is 10.6 Å². The lowest BCUT2D eigenvalue weighted by molar-refractivity contribution is -0.116. The Labute approximate surface area is 401 Å². The summed E-state index contributed by atoms with van der Waals surface area (Å²) in [6, 6.07) is 8.89. The summed E-state index contributed by atoms with van der Waals surface area (Å²) in [4.78, 5) is 33.5. The quantitative estimate of drug-likeness (QED) is 0.276. The Morgan fingerprint density at radius 2 is 1.40 bits per heavy atom. The molecule has 0 fully saturated rings. The number of allylic oxidation sites excluding steroid dienone is 14. The summed E-state index contributed by atoms with van der Waals surface area (Å²) < 4.78 is 0. The molecule has 10 unspecified atom stereocenters. The summed E-state index contributed by atoms with van der Waals surface area (Å²) in [6.45, 7) is 21.7. The van der Waals surface area contributed by atoms with E-state index in [1.165, 1.54) is 61.8 Å². The van der Waals surface area contributed by atoms with Gasteiger partial charge < -0.3 is 10.6 Å². The topological polar surface area (TPSA) is 91.6 Å². The van der Waals surface area contributed by atoms with Crippen LogP contribution in [0.3, 0.4) is 0 Å². The van der Waals surface area contributed by atoms with Gasteiger partial charge in [-0.2, -0.15) is 0 Å². The number of anilines is 2. The monoisotopic (exact) mass is 895 g/mol. The van der Waals surface area contributed by atoms with Crippen LogP contribution in [0.4, 0.5) is 11.6 Å². The fourth-order valence-corrected chi connectivity index (χ4v) is 12.7. The largest absolute Gasteiger partial charge is 0.365 e. The molecule has 0 saturated carbocycles. The molecule has 4 aliphatic heterocycles. The Morgan fingerprint density at radius 3 is 2.21 bits per heavy atom. The summed E-state index contributed by atoms with van der Waals surface area (Å²) in [7, 11) is 0. The molecule has 10 atom stereocenters. The molecule has 67 heavy (non-hydrogen) atoms. The smallest absolute Gasteiger partial charge is 0.225 e. The van der Waals surface area contributed by atoms with Gasteiger partial charge in [-0.3, -0.25) is 14.8 Å². The second-order valence-electron chi connectivity index (χ2n) is 22.2. The van der Waals surface area contributed by atoms with Gasteiger partial charge >= 0.3 is 0 Å². The highest BCUT2D eigenvalue weighted by Gasteiger charge is 2.39.